The van der Waals surface area contributed by atoms with Gasteiger partial charge in [-0.15, -0.1) is 0 Å². The number of nitriles is 3. The second-order valence-corrected chi connectivity index (χ2v) is 11.9. The smallest absolute Gasteiger partial charge is 0.0991 e. The van der Waals surface area contributed by atoms with Gasteiger partial charge < -0.3 is 10.2 Å². The first-order valence-corrected chi connectivity index (χ1v) is 15.9. The van der Waals surface area contributed by atoms with E-state index >= 15 is 0 Å². The number of likely N-dealkylation sites (N-methyl/N-ethyl adjacent to an activating group) is 1. The summed E-state index contributed by atoms with van der Waals surface area (Å²) in [4.78, 5) is 6.46. The molecule has 0 unspecified atom stereocenters. The molecule has 6 nitrogen and oxygen atoms in total. The van der Waals surface area contributed by atoms with Crippen LogP contribution in [-0.4, -0.2) is 30.0 Å². The summed E-state index contributed by atoms with van der Waals surface area (Å²) in [5.74, 6) is 0. The van der Waals surface area contributed by atoms with Gasteiger partial charge in [0.15, 0.2) is 0 Å². The molecule has 6 heteroatoms. The molecule has 0 radical (unpaired) electrons. The third kappa shape index (κ3) is 6.13. The van der Waals surface area contributed by atoms with Crippen LogP contribution in [0.1, 0.15) is 38.9 Å². The van der Waals surface area contributed by atoms with Gasteiger partial charge in [-0.25, -0.2) is 0 Å². The van der Waals surface area contributed by atoms with Crippen molar-refractivity contribution in [2.24, 2.45) is 0 Å². The standard InChI is InChI=1S/C43H30N6/c1-49-24-18-37(19-25-49)40(34-12-6-31(28-46)7-13-34)43-41(38(35-14-20-47-21-15-35)32-8-2-29(26-44)3-9-32)42(43)39(36-16-22-48-23-17-36)33-10-4-30(27-45)5-11-33/h2-22,24,48H,23,25H2,1H3. The second kappa shape index (κ2) is 13.4. The van der Waals surface area contributed by atoms with Crippen molar-refractivity contribution in [2.75, 3.05) is 20.1 Å². The lowest BCUT2D eigenvalue weighted by Crippen LogP contribution is -2.14. The molecule has 0 spiro atoms. The second-order valence-electron chi connectivity index (χ2n) is 11.9. The molecule has 1 aliphatic carbocycles. The maximum atomic E-state index is 9.63. The Morgan fingerprint density at radius 1 is 0.592 bits per heavy atom. The van der Waals surface area contributed by atoms with Gasteiger partial charge in [-0.1, -0.05) is 48.6 Å². The third-order valence-electron chi connectivity index (χ3n) is 8.82. The molecule has 3 aliphatic rings. The normalized spacial score (nSPS) is 17.8. The van der Waals surface area contributed by atoms with Gasteiger partial charge in [-0.05, 0) is 140 Å². The van der Waals surface area contributed by atoms with Crippen molar-refractivity contribution < 1.29 is 0 Å². The summed E-state index contributed by atoms with van der Waals surface area (Å²) in [5.41, 5.74) is 14.4. The van der Waals surface area contributed by atoms with Crippen LogP contribution >= 0.6 is 0 Å². The Balaban J connectivity index is 1.65. The quantitative estimate of drug-likeness (QED) is 0.233. The Labute approximate surface area is 286 Å². The fourth-order valence-corrected chi connectivity index (χ4v) is 6.36. The molecule has 0 atom stereocenters. The van der Waals surface area contributed by atoms with Gasteiger partial charge in [0.25, 0.3) is 0 Å². The number of aromatic nitrogens is 1. The Kier molecular flexibility index (Phi) is 8.41. The van der Waals surface area contributed by atoms with Gasteiger partial charge in [0, 0.05) is 32.5 Å². The zero-order chi connectivity index (χ0) is 33.7. The predicted molar refractivity (Wildman–Crippen MR) is 193 cm³/mol. The van der Waals surface area contributed by atoms with Crippen LogP contribution in [-0.2, 0) is 0 Å². The van der Waals surface area contributed by atoms with Gasteiger partial charge in [-0.2, -0.15) is 15.8 Å². The largest absolute Gasteiger partial charge is 0.387 e. The first-order valence-electron chi connectivity index (χ1n) is 15.9. The predicted octanol–water partition coefficient (Wildman–Crippen LogP) is 7.85. The number of nitrogens with zero attached hydrogens (tertiary/aromatic N) is 5. The SMILES string of the molecule is CN1C=CC(C(=C2C(=C(C3=CCNC=C3)c3ccc(C#N)cc3)C2=C(c2ccncc2)c2ccc(C#N)cc2)c2ccc(C#N)cc2)=CC1. The van der Waals surface area contributed by atoms with Crippen molar-refractivity contribution in [3.8, 4) is 18.2 Å². The first kappa shape index (κ1) is 30.7. The van der Waals surface area contributed by atoms with Crippen LogP contribution in [0.4, 0.5) is 0 Å². The van der Waals surface area contributed by atoms with E-state index in [0.29, 0.717) is 23.2 Å². The highest BCUT2D eigenvalue weighted by Crippen LogP contribution is 2.59. The van der Waals surface area contributed by atoms with E-state index in [1.807, 2.05) is 91.1 Å². The number of hydrogen-bond donors (Lipinski definition) is 1. The molecule has 49 heavy (non-hydrogen) atoms. The molecule has 1 aromatic heterocycles. The highest BCUT2D eigenvalue weighted by Gasteiger charge is 2.41. The summed E-state index contributed by atoms with van der Waals surface area (Å²) in [7, 11) is 2.05. The lowest BCUT2D eigenvalue weighted by molar-refractivity contribution is 0.503. The summed E-state index contributed by atoms with van der Waals surface area (Å²) < 4.78 is 0. The average molecular weight is 631 g/mol. The minimum Gasteiger partial charge on any atom is -0.387 e. The number of nitrogens with one attached hydrogen (secondary N) is 1. The molecule has 7 rings (SSSR count). The molecule has 1 saturated carbocycles. The van der Waals surface area contributed by atoms with Crippen molar-refractivity contribution in [1.29, 1.82) is 15.8 Å². The zero-order valence-corrected chi connectivity index (χ0v) is 26.9. The van der Waals surface area contributed by atoms with E-state index in [2.05, 4.69) is 71.0 Å². The Morgan fingerprint density at radius 3 is 1.47 bits per heavy atom. The fraction of sp³-hybridized carbons (Fsp3) is 0.0698. The van der Waals surface area contributed by atoms with Gasteiger partial charge in [0.1, 0.15) is 0 Å². The number of rotatable bonds is 6. The van der Waals surface area contributed by atoms with Crippen molar-refractivity contribution in [3.63, 3.8) is 0 Å². The molecule has 4 aromatic rings. The van der Waals surface area contributed by atoms with E-state index in [4.69, 9.17) is 0 Å². The Morgan fingerprint density at radius 2 is 1.04 bits per heavy atom. The first-order chi connectivity index (χ1) is 24.1. The van der Waals surface area contributed by atoms with Crippen LogP contribution in [0, 0.1) is 34.0 Å². The highest BCUT2D eigenvalue weighted by molar-refractivity contribution is 6.13. The fourth-order valence-electron chi connectivity index (χ4n) is 6.36. The Bertz CT molecular complexity index is 2290. The Hall–Kier alpha value is -6.94. The van der Waals surface area contributed by atoms with E-state index in [9.17, 15) is 15.8 Å². The van der Waals surface area contributed by atoms with Gasteiger partial charge >= 0.3 is 0 Å². The summed E-state index contributed by atoms with van der Waals surface area (Å²) in [6.45, 7) is 1.44. The number of hydrogen-bond acceptors (Lipinski definition) is 6. The van der Waals surface area contributed by atoms with Crippen LogP contribution in [0.15, 0.2) is 162 Å². The molecular weight excluding hydrogens is 601 g/mol. The van der Waals surface area contributed by atoms with Gasteiger partial charge in [-0.3, -0.25) is 4.98 Å². The number of benzene rings is 3. The molecule has 3 aromatic carbocycles. The number of dihydropyridines is 1. The van der Waals surface area contributed by atoms with Crippen LogP contribution in [0.2, 0.25) is 0 Å². The topological polar surface area (TPSA) is 99.5 Å². The van der Waals surface area contributed by atoms with Crippen molar-refractivity contribution >= 4 is 16.7 Å². The van der Waals surface area contributed by atoms with Crippen LogP contribution in [0.5, 0.6) is 0 Å². The summed E-state index contributed by atoms with van der Waals surface area (Å²) >= 11 is 0. The zero-order valence-electron chi connectivity index (χ0n) is 26.9. The van der Waals surface area contributed by atoms with Gasteiger partial charge in [0.2, 0.25) is 0 Å². The lowest BCUT2D eigenvalue weighted by atomic mass is 9.92. The molecule has 3 heterocycles. The van der Waals surface area contributed by atoms with E-state index in [-0.39, 0.29) is 0 Å². The molecule has 2 aliphatic heterocycles. The summed E-state index contributed by atoms with van der Waals surface area (Å²) in [6, 6.07) is 34.1. The molecule has 1 fully saturated rings. The minimum atomic E-state index is 0.591. The third-order valence-corrected chi connectivity index (χ3v) is 8.82. The maximum absolute atomic E-state index is 9.63. The molecular formula is C43H30N6. The monoisotopic (exact) mass is 630 g/mol. The van der Waals surface area contributed by atoms with Gasteiger partial charge in [0.05, 0.1) is 34.9 Å². The van der Waals surface area contributed by atoms with Crippen molar-refractivity contribution in [1.82, 2.24) is 15.2 Å². The summed E-state index contributed by atoms with van der Waals surface area (Å²) in [6.07, 6.45) is 16.4. The number of pyridine rings is 1. The van der Waals surface area contributed by atoms with Crippen molar-refractivity contribution in [2.45, 2.75) is 0 Å². The number of allylic oxidation sites excluding steroid dienone is 9. The molecule has 1 N–H and O–H groups in total. The maximum Gasteiger partial charge on any atom is 0.0991 e. The minimum absolute atomic E-state index is 0.591. The van der Waals surface area contributed by atoms with E-state index in [1.54, 1.807) is 12.4 Å². The van der Waals surface area contributed by atoms with E-state index in [1.165, 1.54) is 0 Å². The molecule has 0 amide bonds. The van der Waals surface area contributed by atoms with Crippen LogP contribution in [0.25, 0.3) is 16.7 Å². The van der Waals surface area contributed by atoms with E-state index < -0.39 is 0 Å². The average Bonchev–Trinajstić information content (AvgIpc) is 3.87. The molecule has 0 bridgehead atoms. The summed E-state index contributed by atoms with van der Waals surface area (Å²) in [5, 5.41) is 32.1. The van der Waals surface area contributed by atoms with Crippen LogP contribution in [0.3, 0.4) is 0 Å². The van der Waals surface area contributed by atoms with E-state index in [0.717, 1.165) is 73.4 Å². The lowest BCUT2D eigenvalue weighted by Gasteiger charge is -2.19. The van der Waals surface area contributed by atoms with Crippen molar-refractivity contribution in [3.05, 3.63) is 201 Å². The molecule has 232 valence electrons. The highest BCUT2D eigenvalue weighted by atomic mass is 15.1. The van der Waals surface area contributed by atoms with Crippen LogP contribution < -0.4 is 5.32 Å². The molecule has 0 saturated heterocycles.